The number of methoxy groups -OCH3 is 1. The van der Waals surface area contributed by atoms with Crippen LogP contribution < -0.4 is 11.1 Å². The molecule has 1 saturated carbocycles. The van der Waals surface area contributed by atoms with Crippen molar-refractivity contribution in [3.63, 3.8) is 0 Å². The zero-order valence-electron chi connectivity index (χ0n) is 10.0. The van der Waals surface area contributed by atoms with E-state index >= 15 is 0 Å². The maximum absolute atomic E-state index is 5.51. The standard InChI is InChI=1S/C12H26N2O/c1-15-10-12(5-2-8-13)14-9-3-4-11-6-7-11/h11-12,14H,2-10,13H2,1H3. The summed E-state index contributed by atoms with van der Waals surface area (Å²) in [5.74, 6) is 1.05. The Morgan fingerprint density at radius 3 is 2.80 bits per heavy atom. The van der Waals surface area contributed by atoms with Crippen molar-refractivity contribution in [1.29, 1.82) is 0 Å². The Bertz CT molecular complexity index is 149. The monoisotopic (exact) mass is 214 g/mol. The van der Waals surface area contributed by atoms with E-state index in [1.54, 1.807) is 7.11 Å². The molecule has 0 radical (unpaired) electrons. The molecule has 0 bridgehead atoms. The number of hydrogen-bond donors (Lipinski definition) is 2. The van der Waals surface area contributed by atoms with Crippen molar-refractivity contribution in [3.8, 4) is 0 Å². The third kappa shape index (κ3) is 6.88. The fourth-order valence-corrected chi connectivity index (χ4v) is 1.91. The first-order valence-corrected chi connectivity index (χ1v) is 6.29. The van der Waals surface area contributed by atoms with Crippen LogP contribution in [-0.4, -0.2) is 32.8 Å². The average molecular weight is 214 g/mol. The van der Waals surface area contributed by atoms with E-state index in [9.17, 15) is 0 Å². The molecule has 1 aliphatic rings. The molecule has 0 aromatic rings. The summed E-state index contributed by atoms with van der Waals surface area (Å²) in [4.78, 5) is 0. The number of nitrogens with two attached hydrogens (primary N) is 1. The van der Waals surface area contributed by atoms with E-state index in [-0.39, 0.29) is 0 Å². The molecular weight excluding hydrogens is 188 g/mol. The third-order valence-electron chi connectivity index (χ3n) is 3.04. The van der Waals surface area contributed by atoms with Gasteiger partial charge in [-0.1, -0.05) is 12.8 Å². The van der Waals surface area contributed by atoms with Gasteiger partial charge in [-0.3, -0.25) is 0 Å². The first-order valence-electron chi connectivity index (χ1n) is 6.29. The fourth-order valence-electron chi connectivity index (χ4n) is 1.91. The lowest BCUT2D eigenvalue weighted by molar-refractivity contribution is 0.161. The summed E-state index contributed by atoms with van der Waals surface area (Å²) in [5, 5.41) is 3.56. The second-order valence-electron chi connectivity index (χ2n) is 4.62. The predicted molar refractivity (Wildman–Crippen MR) is 63.9 cm³/mol. The van der Waals surface area contributed by atoms with Crippen LogP contribution in [-0.2, 0) is 4.74 Å². The van der Waals surface area contributed by atoms with Gasteiger partial charge in [0.15, 0.2) is 0 Å². The second kappa shape index (κ2) is 8.08. The Hall–Kier alpha value is -0.120. The van der Waals surface area contributed by atoms with Crippen LogP contribution in [0.1, 0.15) is 38.5 Å². The molecule has 1 fully saturated rings. The summed E-state index contributed by atoms with van der Waals surface area (Å²) in [7, 11) is 1.77. The summed E-state index contributed by atoms with van der Waals surface area (Å²) in [6.45, 7) is 2.72. The van der Waals surface area contributed by atoms with E-state index in [1.165, 1.54) is 25.7 Å². The lowest BCUT2D eigenvalue weighted by Gasteiger charge is -2.17. The van der Waals surface area contributed by atoms with Gasteiger partial charge in [-0.25, -0.2) is 0 Å². The molecule has 1 rings (SSSR count). The maximum Gasteiger partial charge on any atom is 0.0615 e. The molecule has 3 nitrogen and oxygen atoms in total. The molecule has 1 aliphatic carbocycles. The lowest BCUT2D eigenvalue weighted by Crippen LogP contribution is -2.34. The number of nitrogens with one attached hydrogen (secondary N) is 1. The van der Waals surface area contributed by atoms with Crippen molar-refractivity contribution in [2.75, 3.05) is 26.8 Å². The number of hydrogen-bond acceptors (Lipinski definition) is 3. The van der Waals surface area contributed by atoms with Crippen LogP contribution in [0, 0.1) is 5.92 Å². The van der Waals surface area contributed by atoms with E-state index in [1.807, 2.05) is 0 Å². The fraction of sp³-hybridized carbons (Fsp3) is 1.00. The zero-order chi connectivity index (χ0) is 10.9. The Kier molecular flexibility index (Phi) is 6.98. The highest BCUT2D eigenvalue weighted by Gasteiger charge is 2.20. The van der Waals surface area contributed by atoms with Crippen LogP contribution in [0.4, 0.5) is 0 Å². The van der Waals surface area contributed by atoms with Crippen molar-refractivity contribution >= 4 is 0 Å². The summed E-state index contributed by atoms with van der Waals surface area (Å²) in [6, 6.07) is 0.498. The number of rotatable bonds is 10. The molecule has 0 aromatic heterocycles. The topological polar surface area (TPSA) is 47.3 Å². The molecule has 15 heavy (non-hydrogen) atoms. The second-order valence-corrected chi connectivity index (χ2v) is 4.62. The minimum atomic E-state index is 0.498. The quantitative estimate of drug-likeness (QED) is 0.542. The SMILES string of the molecule is COCC(CCCN)NCCCC1CC1. The van der Waals surface area contributed by atoms with Gasteiger partial charge < -0.3 is 15.8 Å². The highest BCUT2D eigenvalue weighted by molar-refractivity contribution is 4.74. The van der Waals surface area contributed by atoms with E-state index < -0.39 is 0 Å². The smallest absolute Gasteiger partial charge is 0.0615 e. The van der Waals surface area contributed by atoms with Crippen LogP contribution in [0.25, 0.3) is 0 Å². The maximum atomic E-state index is 5.51. The van der Waals surface area contributed by atoms with Gasteiger partial charge in [0.1, 0.15) is 0 Å². The first-order chi connectivity index (χ1) is 7.36. The zero-order valence-corrected chi connectivity index (χ0v) is 10.0. The molecule has 0 amide bonds. The van der Waals surface area contributed by atoms with Crippen LogP contribution in [0.2, 0.25) is 0 Å². The predicted octanol–water partition coefficient (Wildman–Crippen LogP) is 1.52. The summed E-state index contributed by atoms with van der Waals surface area (Å²) >= 11 is 0. The van der Waals surface area contributed by atoms with Crippen LogP contribution in [0.5, 0.6) is 0 Å². The van der Waals surface area contributed by atoms with Crippen molar-refractivity contribution in [1.82, 2.24) is 5.32 Å². The Labute approximate surface area is 93.8 Å². The van der Waals surface area contributed by atoms with E-state index in [0.29, 0.717) is 6.04 Å². The molecule has 0 spiro atoms. The van der Waals surface area contributed by atoms with Crippen molar-refractivity contribution in [2.45, 2.75) is 44.6 Å². The van der Waals surface area contributed by atoms with Crippen LogP contribution in [0.3, 0.4) is 0 Å². The van der Waals surface area contributed by atoms with Gasteiger partial charge in [0.05, 0.1) is 6.61 Å². The molecule has 1 atom stereocenters. The highest BCUT2D eigenvalue weighted by atomic mass is 16.5. The van der Waals surface area contributed by atoms with E-state index in [2.05, 4.69) is 5.32 Å². The third-order valence-corrected chi connectivity index (χ3v) is 3.04. The van der Waals surface area contributed by atoms with Gasteiger partial charge in [-0.2, -0.15) is 0 Å². The van der Waals surface area contributed by atoms with Crippen molar-refractivity contribution in [2.24, 2.45) is 11.7 Å². The Balaban J connectivity index is 1.95. The Morgan fingerprint density at radius 2 is 2.20 bits per heavy atom. The molecule has 0 saturated heterocycles. The minimum Gasteiger partial charge on any atom is -0.383 e. The Morgan fingerprint density at radius 1 is 1.40 bits per heavy atom. The number of ether oxygens (including phenoxy) is 1. The van der Waals surface area contributed by atoms with Gasteiger partial charge in [-0.15, -0.1) is 0 Å². The molecule has 3 N–H and O–H groups in total. The van der Waals surface area contributed by atoms with Gasteiger partial charge in [0, 0.05) is 13.2 Å². The average Bonchev–Trinajstić information content (AvgIpc) is 3.04. The largest absolute Gasteiger partial charge is 0.383 e. The van der Waals surface area contributed by atoms with Gasteiger partial charge >= 0.3 is 0 Å². The molecule has 1 unspecified atom stereocenters. The van der Waals surface area contributed by atoms with Crippen LogP contribution >= 0.6 is 0 Å². The van der Waals surface area contributed by atoms with Gasteiger partial charge in [0.25, 0.3) is 0 Å². The molecule has 0 heterocycles. The minimum absolute atomic E-state index is 0.498. The summed E-state index contributed by atoms with van der Waals surface area (Å²) in [6.07, 6.45) is 7.87. The molecule has 0 aliphatic heterocycles. The van der Waals surface area contributed by atoms with Gasteiger partial charge in [-0.05, 0) is 44.7 Å². The van der Waals surface area contributed by atoms with Gasteiger partial charge in [0.2, 0.25) is 0 Å². The van der Waals surface area contributed by atoms with Crippen molar-refractivity contribution < 1.29 is 4.74 Å². The van der Waals surface area contributed by atoms with Crippen molar-refractivity contribution in [3.05, 3.63) is 0 Å². The normalized spacial score (nSPS) is 18.0. The first kappa shape index (κ1) is 12.9. The molecule has 0 aromatic carbocycles. The van der Waals surface area contributed by atoms with E-state index in [0.717, 1.165) is 38.5 Å². The molecule has 3 heteroatoms. The van der Waals surface area contributed by atoms with E-state index in [4.69, 9.17) is 10.5 Å². The summed E-state index contributed by atoms with van der Waals surface area (Å²) < 4.78 is 5.19. The highest BCUT2D eigenvalue weighted by Crippen LogP contribution is 2.33. The summed E-state index contributed by atoms with van der Waals surface area (Å²) in [5.41, 5.74) is 5.51. The molecule has 90 valence electrons. The molecular formula is C12H26N2O. The lowest BCUT2D eigenvalue weighted by atomic mass is 10.1. The van der Waals surface area contributed by atoms with Crippen LogP contribution in [0.15, 0.2) is 0 Å².